The Hall–Kier alpha value is -1.65. The van der Waals surface area contributed by atoms with E-state index < -0.39 is 0 Å². The number of amidine groups is 1. The molecule has 5 nitrogen and oxygen atoms in total. The number of rotatable bonds is 4. The van der Waals surface area contributed by atoms with Crippen LogP contribution in [0.2, 0.25) is 0 Å². The highest BCUT2D eigenvalue weighted by Crippen LogP contribution is 2.19. The normalized spacial score (nSPS) is 12.6. The fourth-order valence-corrected chi connectivity index (χ4v) is 1.44. The maximum Gasteiger partial charge on any atom is 0.162 e. The van der Waals surface area contributed by atoms with Crippen molar-refractivity contribution in [2.75, 3.05) is 11.9 Å². The van der Waals surface area contributed by atoms with E-state index in [1.54, 1.807) is 12.3 Å². The fourth-order valence-electron chi connectivity index (χ4n) is 1.44. The van der Waals surface area contributed by atoms with Crippen LogP contribution in [0.3, 0.4) is 0 Å². The summed E-state index contributed by atoms with van der Waals surface area (Å²) in [6.07, 6.45) is 1.55. The van der Waals surface area contributed by atoms with E-state index in [1.807, 2.05) is 11.9 Å². The minimum absolute atomic E-state index is 0.0210. The minimum atomic E-state index is 0.0210. The molecule has 0 aliphatic heterocycles. The maximum absolute atomic E-state index is 7.50. The second-order valence-electron chi connectivity index (χ2n) is 4.28. The molecule has 1 aromatic rings. The molecule has 0 spiro atoms. The van der Waals surface area contributed by atoms with Crippen molar-refractivity contribution in [1.29, 1.82) is 5.41 Å². The van der Waals surface area contributed by atoms with Crippen molar-refractivity contribution in [3.8, 4) is 0 Å². The van der Waals surface area contributed by atoms with Crippen molar-refractivity contribution in [3.63, 3.8) is 0 Å². The van der Waals surface area contributed by atoms with Gasteiger partial charge in [0.15, 0.2) is 5.82 Å². The molecule has 1 atom stereocenters. The number of nitrogen functional groups attached to an aromatic ring is 1. The van der Waals surface area contributed by atoms with Gasteiger partial charge in [-0.05, 0) is 18.9 Å². The number of nitrogens with zero attached hydrogens (tertiary/aromatic N) is 3. The molecule has 88 valence electrons. The number of nitrogens with two attached hydrogens (primary N) is 1. The van der Waals surface area contributed by atoms with Crippen LogP contribution in [0.5, 0.6) is 0 Å². The third-order valence-electron chi connectivity index (χ3n) is 2.90. The van der Waals surface area contributed by atoms with E-state index in [0.29, 0.717) is 23.3 Å². The van der Waals surface area contributed by atoms with Crippen molar-refractivity contribution >= 4 is 11.7 Å². The summed E-state index contributed by atoms with van der Waals surface area (Å²) < 4.78 is 0. The first-order chi connectivity index (χ1) is 7.45. The second kappa shape index (κ2) is 4.92. The number of hydrogen-bond donors (Lipinski definition) is 2. The molecule has 16 heavy (non-hydrogen) atoms. The average molecular weight is 221 g/mol. The fraction of sp³-hybridized carbons (Fsp3) is 0.545. The summed E-state index contributed by atoms with van der Waals surface area (Å²) in [6, 6.07) is 2.03. The molecule has 1 aromatic heterocycles. The Morgan fingerprint density at radius 1 is 1.44 bits per heavy atom. The Morgan fingerprint density at radius 2 is 2.06 bits per heavy atom. The Morgan fingerprint density at radius 3 is 2.56 bits per heavy atom. The van der Waals surface area contributed by atoms with Crippen molar-refractivity contribution in [2.24, 2.45) is 11.7 Å². The van der Waals surface area contributed by atoms with E-state index in [1.165, 1.54) is 0 Å². The topological polar surface area (TPSA) is 78.9 Å². The van der Waals surface area contributed by atoms with Gasteiger partial charge in [0.05, 0.1) is 11.8 Å². The van der Waals surface area contributed by atoms with Crippen LogP contribution >= 0.6 is 0 Å². The number of aromatic nitrogens is 2. The first kappa shape index (κ1) is 12.4. The molecule has 1 rings (SSSR count). The molecule has 0 radical (unpaired) electrons. The van der Waals surface area contributed by atoms with Gasteiger partial charge in [-0.2, -0.15) is 5.10 Å². The van der Waals surface area contributed by atoms with Gasteiger partial charge in [-0.25, -0.2) is 0 Å². The third-order valence-corrected chi connectivity index (χ3v) is 2.90. The van der Waals surface area contributed by atoms with Crippen LogP contribution in [0.25, 0.3) is 0 Å². The minimum Gasteiger partial charge on any atom is -0.384 e. The van der Waals surface area contributed by atoms with Gasteiger partial charge in [-0.15, -0.1) is 5.10 Å². The highest BCUT2D eigenvalue weighted by atomic mass is 15.3. The molecule has 0 amide bonds. The van der Waals surface area contributed by atoms with E-state index in [0.717, 1.165) is 0 Å². The van der Waals surface area contributed by atoms with Crippen LogP contribution in [0.15, 0.2) is 12.3 Å². The molecular weight excluding hydrogens is 202 g/mol. The van der Waals surface area contributed by atoms with Crippen molar-refractivity contribution < 1.29 is 0 Å². The van der Waals surface area contributed by atoms with Crippen LogP contribution in [0.1, 0.15) is 26.3 Å². The second-order valence-corrected chi connectivity index (χ2v) is 4.28. The predicted octanol–water partition coefficient (Wildman–Crippen LogP) is 1.24. The summed E-state index contributed by atoms with van der Waals surface area (Å²) in [6.45, 7) is 6.40. The van der Waals surface area contributed by atoms with Gasteiger partial charge >= 0.3 is 0 Å². The lowest BCUT2D eigenvalue weighted by Gasteiger charge is -2.29. The zero-order chi connectivity index (χ0) is 12.3. The summed E-state index contributed by atoms with van der Waals surface area (Å²) >= 11 is 0. The van der Waals surface area contributed by atoms with Gasteiger partial charge in [-0.3, -0.25) is 5.41 Å². The van der Waals surface area contributed by atoms with E-state index in [-0.39, 0.29) is 5.84 Å². The van der Waals surface area contributed by atoms with E-state index in [9.17, 15) is 0 Å². The van der Waals surface area contributed by atoms with Gasteiger partial charge in [-0.1, -0.05) is 13.8 Å². The Kier molecular flexibility index (Phi) is 3.82. The third kappa shape index (κ3) is 2.48. The molecule has 0 aliphatic carbocycles. The first-order valence-electron chi connectivity index (χ1n) is 5.34. The monoisotopic (exact) mass is 221 g/mol. The molecule has 0 aliphatic rings. The molecule has 0 saturated heterocycles. The zero-order valence-electron chi connectivity index (χ0n) is 10.2. The van der Waals surface area contributed by atoms with E-state index in [4.69, 9.17) is 11.1 Å². The number of anilines is 1. The van der Waals surface area contributed by atoms with E-state index >= 15 is 0 Å². The molecule has 0 fully saturated rings. The van der Waals surface area contributed by atoms with Crippen LogP contribution in [0.4, 0.5) is 5.82 Å². The zero-order valence-corrected chi connectivity index (χ0v) is 10.2. The highest BCUT2D eigenvalue weighted by molar-refractivity contribution is 5.99. The summed E-state index contributed by atoms with van der Waals surface area (Å²) in [4.78, 5) is 2.01. The molecule has 1 unspecified atom stereocenters. The average Bonchev–Trinajstić information content (AvgIpc) is 2.26. The first-order valence-corrected chi connectivity index (χ1v) is 5.34. The number of nitrogens with one attached hydrogen (secondary N) is 1. The molecular formula is C11H19N5. The van der Waals surface area contributed by atoms with Gasteiger partial charge in [0.25, 0.3) is 0 Å². The van der Waals surface area contributed by atoms with Crippen molar-refractivity contribution in [1.82, 2.24) is 10.2 Å². The predicted molar refractivity (Wildman–Crippen MR) is 65.8 cm³/mol. The molecule has 0 aromatic carbocycles. The van der Waals surface area contributed by atoms with Gasteiger partial charge in [0.2, 0.25) is 0 Å². The van der Waals surface area contributed by atoms with Crippen molar-refractivity contribution in [2.45, 2.75) is 26.8 Å². The van der Waals surface area contributed by atoms with Gasteiger partial charge in [0.1, 0.15) is 5.84 Å². The molecule has 0 saturated carbocycles. The number of hydrogen-bond acceptors (Lipinski definition) is 4. The largest absolute Gasteiger partial charge is 0.384 e. The summed E-state index contributed by atoms with van der Waals surface area (Å²) in [5.74, 6) is 1.18. The molecule has 3 N–H and O–H groups in total. The van der Waals surface area contributed by atoms with Crippen LogP contribution in [-0.2, 0) is 0 Å². The summed E-state index contributed by atoms with van der Waals surface area (Å²) in [7, 11) is 1.95. The Labute approximate surface area is 96.2 Å². The lowest BCUT2D eigenvalue weighted by Crippen LogP contribution is -2.35. The standard InChI is InChI=1S/C11H19N5/c1-7(2)8(3)16(4)11-9(10(12)13)5-6-14-15-11/h5-8H,1-4H3,(H3,12,13). The summed E-state index contributed by atoms with van der Waals surface area (Å²) in [5.41, 5.74) is 6.15. The van der Waals surface area contributed by atoms with Gasteiger partial charge < -0.3 is 10.6 Å². The van der Waals surface area contributed by atoms with Crippen LogP contribution < -0.4 is 10.6 Å². The van der Waals surface area contributed by atoms with E-state index in [2.05, 4.69) is 31.0 Å². The van der Waals surface area contributed by atoms with Gasteiger partial charge in [0, 0.05) is 13.1 Å². The molecule has 1 heterocycles. The van der Waals surface area contributed by atoms with Crippen LogP contribution in [-0.4, -0.2) is 29.1 Å². The molecule has 0 bridgehead atoms. The SMILES string of the molecule is CC(C)C(C)N(C)c1nnccc1C(=N)N. The quantitative estimate of drug-likeness (QED) is 0.592. The Bertz CT molecular complexity index is 374. The van der Waals surface area contributed by atoms with Crippen LogP contribution in [0, 0.1) is 11.3 Å². The van der Waals surface area contributed by atoms with Crippen molar-refractivity contribution in [3.05, 3.63) is 17.8 Å². The highest BCUT2D eigenvalue weighted by Gasteiger charge is 2.18. The summed E-state index contributed by atoms with van der Waals surface area (Å²) in [5, 5.41) is 15.4. The lowest BCUT2D eigenvalue weighted by molar-refractivity contribution is 0.501. The maximum atomic E-state index is 7.50. The Balaban J connectivity index is 3.08. The molecule has 5 heteroatoms. The smallest absolute Gasteiger partial charge is 0.162 e. The lowest BCUT2D eigenvalue weighted by atomic mass is 10.0.